The van der Waals surface area contributed by atoms with Crippen LogP contribution in [0, 0.1) is 6.92 Å². The number of halogens is 1. The lowest BCUT2D eigenvalue weighted by Crippen LogP contribution is -2.04. The molecule has 3 nitrogen and oxygen atoms in total. The quantitative estimate of drug-likeness (QED) is 0.533. The van der Waals surface area contributed by atoms with Crippen LogP contribution in [0.4, 0.5) is 0 Å². The standard InChI is InChI=1S/C22H25ClN2OS/c1-14(2)20-21(16(4)26)15(3)25(13-17-8-10-24-11-9-17)22(20)27-19-7-5-6-18(23)12-19/h5-12,14,16,26H,13H2,1-4H3. The minimum atomic E-state index is -0.514. The van der Waals surface area contributed by atoms with Crippen molar-refractivity contribution < 1.29 is 5.11 Å². The highest BCUT2D eigenvalue weighted by Gasteiger charge is 2.25. The predicted octanol–water partition coefficient (Wildman–Crippen LogP) is 6.22. The van der Waals surface area contributed by atoms with Gasteiger partial charge >= 0.3 is 0 Å². The molecule has 0 amide bonds. The predicted molar refractivity (Wildman–Crippen MR) is 113 cm³/mol. The first kappa shape index (κ1) is 20.0. The Kier molecular flexibility index (Phi) is 6.30. The van der Waals surface area contributed by atoms with Crippen LogP contribution in [0.15, 0.2) is 58.7 Å². The summed E-state index contributed by atoms with van der Waals surface area (Å²) >= 11 is 7.91. The maximum atomic E-state index is 10.5. The average Bonchev–Trinajstić information content (AvgIpc) is 2.89. The van der Waals surface area contributed by atoms with E-state index in [4.69, 9.17) is 11.6 Å². The summed E-state index contributed by atoms with van der Waals surface area (Å²) in [5, 5.41) is 12.4. The van der Waals surface area contributed by atoms with Crippen LogP contribution in [0.3, 0.4) is 0 Å². The number of aliphatic hydroxyl groups is 1. The molecule has 0 saturated carbocycles. The summed E-state index contributed by atoms with van der Waals surface area (Å²) in [7, 11) is 0. The third kappa shape index (κ3) is 4.40. The molecule has 2 aromatic heterocycles. The Morgan fingerprint density at radius 1 is 1.11 bits per heavy atom. The van der Waals surface area contributed by atoms with E-state index in [0.717, 1.165) is 32.7 Å². The van der Waals surface area contributed by atoms with Crippen molar-refractivity contribution in [2.75, 3.05) is 0 Å². The number of aromatic nitrogens is 2. The molecule has 1 atom stereocenters. The van der Waals surface area contributed by atoms with Gasteiger partial charge in [-0.25, -0.2) is 0 Å². The molecule has 1 unspecified atom stereocenters. The number of rotatable bonds is 6. The van der Waals surface area contributed by atoms with E-state index in [9.17, 15) is 5.11 Å². The number of nitrogens with zero attached hydrogens (tertiary/aromatic N) is 2. The van der Waals surface area contributed by atoms with E-state index in [1.165, 1.54) is 11.1 Å². The third-order valence-electron chi connectivity index (χ3n) is 4.66. The molecular formula is C22H25ClN2OS. The molecule has 142 valence electrons. The minimum absolute atomic E-state index is 0.300. The normalized spacial score (nSPS) is 12.6. The van der Waals surface area contributed by atoms with Crippen LogP contribution < -0.4 is 0 Å². The molecule has 1 N–H and O–H groups in total. The van der Waals surface area contributed by atoms with Gasteiger partial charge in [-0.3, -0.25) is 4.98 Å². The summed E-state index contributed by atoms with van der Waals surface area (Å²) in [6.07, 6.45) is 3.12. The summed E-state index contributed by atoms with van der Waals surface area (Å²) < 4.78 is 2.30. The summed E-state index contributed by atoms with van der Waals surface area (Å²) in [6, 6.07) is 12.0. The highest BCUT2D eigenvalue weighted by atomic mass is 35.5. The van der Waals surface area contributed by atoms with E-state index >= 15 is 0 Å². The second kappa shape index (κ2) is 8.51. The van der Waals surface area contributed by atoms with Crippen molar-refractivity contribution in [1.82, 2.24) is 9.55 Å². The fraction of sp³-hybridized carbons (Fsp3) is 0.318. The second-order valence-electron chi connectivity index (χ2n) is 7.05. The summed E-state index contributed by atoms with van der Waals surface area (Å²) in [5.74, 6) is 0.300. The van der Waals surface area contributed by atoms with Gasteiger partial charge in [0, 0.05) is 40.1 Å². The number of hydrogen-bond donors (Lipinski definition) is 1. The van der Waals surface area contributed by atoms with Crippen molar-refractivity contribution in [3.63, 3.8) is 0 Å². The van der Waals surface area contributed by atoms with Crippen LogP contribution in [0.2, 0.25) is 5.02 Å². The molecule has 0 aliphatic rings. The van der Waals surface area contributed by atoms with Crippen molar-refractivity contribution in [1.29, 1.82) is 0 Å². The Morgan fingerprint density at radius 2 is 1.81 bits per heavy atom. The molecule has 3 aromatic rings. The Labute approximate surface area is 170 Å². The second-order valence-corrected chi connectivity index (χ2v) is 8.55. The molecule has 0 spiro atoms. The SMILES string of the molecule is Cc1c(C(C)O)c(C(C)C)c(Sc2cccc(Cl)c2)n1Cc1ccncc1. The minimum Gasteiger partial charge on any atom is -0.389 e. The van der Waals surface area contributed by atoms with Gasteiger partial charge in [-0.15, -0.1) is 0 Å². The Morgan fingerprint density at radius 3 is 2.41 bits per heavy atom. The van der Waals surface area contributed by atoms with Gasteiger partial charge in [0.05, 0.1) is 11.1 Å². The van der Waals surface area contributed by atoms with E-state index in [-0.39, 0.29) is 0 Å². The fourth-order valence-electron chi connectivity index (χ4n) is 3.45. The summed E-state index contributed by atoms with van der Waals surface area (Å²) in [5.41, 5.74) is 4.53. The van der Waals surface area contributed by atoms with Crippen LogP contribution in [-0.4, -0.2) is 14.7 Å². The van der Waals surface area contributed by atoms with E-state index < -0.39 is 6.10 Å². The lowest BCUT2D eigenvalue weighted by molar-refractivity contribution is 0.197. The number of aliphatic hydroxyl groups excluding tert-OH is 1. The number of hydrogen-bond acceptors (Lipinski definition) is 3. The molecule has 0 bridgehead atoms. The summed E-state index contributed by atoms with van der Waals surface area (Å²) in [4.78, 5) is 5.21. The lowest BCUT2D eigenvalue weighted by Gasteiger charge is -2.15. The molecule has 5 heteroatoms. The van der Waals surface area contributed by atoms with Gasteiger partial charge in [0.1, 0.15) is 0 Å². The zero-order valence-electron chi connectivity index (χ0n) is 16.1. The highest BCUT2D eigenvalue weighted by Crippen LogP contribution is 2.42. The highest BCUT2D eigenvalue weighted by molar-refractivity contribution is 7.99. The molecule has 0 radical (unpaired) electrons. The van der Waals surface area contributed by atoms with Gasteiger partial charge in [0.25, 0.3) is 0 Å². The number of benzene rings is 1. The van der Waals surface area contributed by atoms with Crippen LogP contribution >= 0.6 is 23.4 Å². The van der Waals surface area contributed by atoms with Gasteiger partial charge < -0.3 is 9.67 Å². The maximum absolute atomic E-state index is 10.5. The van der Waals surface area contributed by atoms with E-state index in [1.807, 2.05) is 49.6 Å². The molecule has 2 heterocycles. The molecular weight excluding hydrogens is 376 g/mol. The average molecular weight is 401 g/mol. The molecule has 0 aliphatic carbocycles. The van der Waals surface area contributed by atoms with E-state index in [1.54, 1.807) is 11.8 Å². The monoisotopic (exact) mass is 400 g/mol. The van der Waals surface area contributed by atoms with Gasteiger partial charge in [-0.05, 0) is 61.2 Å². The van der Waals surface area contributed by atoms with Crippen LogP contribution in [0.25, 0.3) is 0 Å². The number of pyridine rings is 1. The maximum Gasteiger partial charge on any atom is 0.0840 e. The third-order valence-corrected chi connectivity index (χ3v) is 6.01. The van der Waals surface area contributed by atoms with Crippen molar-refractivity contribution >= 4 is 23.4 Å². The summed E-state index contributed by atoms with van der Waals surface area (Å²) in [6.45, 7) is 9.04. The fourth-order valence-corrected chi connectivity index (χ4v) is 5.03. The Balaban J connectivity index is 2.16. The first-order valence-electron chi connectivity index (χ1n) is 9.11. The van der Waals surface area contributed by atoms with E-state index in [2.05, 4.69) is 36.4 Å². The van der Waals surface area contributed by atoms with Gasteiger partial charge in [0.15, 0.2) is 0 Å². The van der Waals surface area contributed by atoms with Crippen LogP contribution in [-0.2, 0) is 6.54 Å². The Hall–Kier alpha value is -1.75. The lowest BCUT2D eigenvalue weighted by atomic mass is 9.97. The van der Waals surface area contributed by atoms with Crippen molar-refractivity contribution in [3.05, 3.63) is 76.2 Å². The van der Waals surface area contributed by atoms with Crippen molar-refractivity contribution in [2.45, 2.75) is 56.2 Å². The van der Waals surface area contributed by atoms with Crippen LogP contribution in [0.1, 0.15) is 55.2 Å². The zero-order chi connectivity index (χ0) is 19.6. The molecule has 0 saturated heterocycles. The smallest absolute Gasteiger partial charge is 0.0840 e. The van der Waals surface area contributed by atoms with Gasteiger partial charge in [0.2, 0.25) is 0 Å². The Bertz CT molecular complexity index is 920. The molecule has 3 rings (SSSR count). The molecule has 27 heavy (non-hydrogen) atoms. The largest absolute Gasteiger partial charge is 0.389 e. The first-order chi connectivity index (χ1) is 12.9. The van der Waals surface area contributed by atoms with Crippen molar-refractivity contribution in [3.8, 4) is 0 Å². The molecule has 0 fully saturated rings. The van der Waals surface area contributed by atoms with Crippen molar-refractivity contribution in [2.24, 2.45) is 0 Å². The van der Waals surface area contributed by atoms with Crippen LogP contribution in [0.5, 0.6) is 0 Å². The topological polar surface area (TPSA) is 38.0 Å². The molecule has 1 aromatic carbocycles. The first-order valence-corrected chi connectivity index (χ1v) is 10.3. The van der Waals surface area contributed by atoms with Gasteiger partial charge in [-0.1, -0.05) is 43.3 Å². The molecule has 0 aliphatic heterocycles. The zero-order valence-corrected chi connectivity index (χ0v) is 17.7. The van der Waals surface area contributed by atoms with Gasteiger partial charge in [-0.2, -0.15) is 0 Å². The van der Waals surface area contributed by atoms with E-state index in [0.29, 0.717) is 5.92 Å².